The quantitative estimate of drug-likeness (QED) is 0.226. The number of halogens is 1. The van der Waals surface area contributed by atoms with Crippen LogP contribution in [-0.2, 0) is 19.1 Å². The molecule has 3 aliphatic rings. The molecule has 1 aliphatic heterocycles. The highest BCUT2D eigenvalue weighted by Crippen LogP contribution is 2.51. The molecule has 6 heteroatoms. The van der Waals surface area contributed by atoms with Gasteiger partial charge in [-0.05, 0) is 36.0 Å². The van der Waals surface area contributed by atoms with E-state index in [2.05, 4.69) is 6.92 Å². The van der Waals surface area contributed by atoms with Gasteiger partial charge in [-0.3, -0.25) is 14.4 Å². The van der Waals surface area contributed by atoms with E-state index in [1.165, 1.54) is 32.1 Å². The second-order valence-corrected chi connectivity index (χ2v) is 12.1. The van der Waals surface area contributed by atoms with Crippen molar-refractivity contribution in [3.05, 3.63) is 68.8 Å². The van der Waals surface area contributed by atoms with Gasteiger partial charge in [0.1, 0.15) is 5.76 Å². The molecule has 38 heavy (non-hydrogen) atoms. The highest BCUT2D eigenvalue weighted by molar-refractivity contribution is 6.30. The fourth-order valence-corrected chi connectivity index (χ4v) is 6.02. The van der Waals surface area contributed by atoms with Gasteiger partial charge in [-0.25, -0.2) is 0 Å². The van der Waals surface area contributed by atoms with Gasteiger partial charge in [-0.1, -0.05) is 95.9 Å². The number of Topliss-reactive ketones (excluding diaryl/α,β-unsaturated/α-hetero) is 3. The van der Waals surface area contributed by atoms with E-state index in [0.717, 1.165) is 25.7 Å². The van der Waals surface area contributed by atoms with E-state index in [4.69, 9.17) is 16.3 Å². The molecule has 0 amide bonds. The molecule has 1 aromatic carbocycles. The Kier molecular flexibility index (Phi) is 8.97. The number of ether oxygens (including phenoxy) is 1. The molecule has 0 radical (unpaired) electrons. The Morgan fingerprint density at radius 3 is 2.11 bits per heavy atom. The van der Waals surface area contributed by atoms with Crippen LogP contribution in [0.3, 0.4) is 0 Å². The monoisotopic (exact) mass is 538 g/mol. The number of rotatable bonds is 11. The fraction of sp³-hybridized carbons (Fsp3) is 0.531. The van der Waals surface area contributed by atoms with Gasteiger partial charge in [-0.15, -0.1) is 0 Å². The van der Waals surface area contributed by atoms with Gasteiger partial charge in [0.05, 0.1) is 5.57 Å². The molecule has 0 spiro atoms. The summed E-state index contributed by atoms with van der Waals surface area (Å²) in [5.41, 5.74) is 0.927. The zero-order chi connectivity index (χ0) is 27.4. The molecule has 5 nitrogen and oxygen atoms in total. The van der Waals surface area contributed by atoms with Crippen LogP contribution in [0.15, 0.2) is 58.3 Å². The van der Waals surface area contributed by atoms with Gasteiger partial charge >= 0.3 is 0 Å². The highest BCUT2D eigenvalue weighted by atomic mass is 35.5. The molecule has 0 bridgehead atoms. The second-order valence-electron chi connectivity index (χ2n) is 11.7. The first kappa shape index (κ1) is 28.4. The predicted molar refractivity (Wildman–Crippen MR) is 149 cm³/mol. The lowest BCUT2D eigenvalue weighted by molar-refractivity contribution is -0.122. The largest absolute Gasteiger partial charge is 0.504 e. The minimum atomic E-state index is -0.775. The van der Waals surface area contributed by atoms with Crippen LogP contribution >= 0.6 is 11.6 Å². The average molecular weight is 539 g/mol. The predicted octanol–water partition coefficient (Wildman–Crippen LogP) is 8.24. The van der Waals surface area contributed by atoms with Gasteiger partial charge in [0.2, 0.25) is 11.6 Å². The number of carbonyl (C=O) groups excluding carboxylic acids is 3. The Balaban J connectivity index is 1.55. The van der Waals surface area contributed by atoms with E-state index in [9.17, 15) is 19.5 Å². The third-order valence-electron chi connectivity index (χ3n) is 7.89. The van der Waals surface area contributed by atoms with Crippen LogP contribution in [0.1, 0.15) is 109 Å². The molecule has 1 atom stereocenters. The van der Waals surface area contributed by atoms with Crippen LogP contribution in [0.2, 0.25) is 5.02 Å². The average Bonchev–Trinajstić information content (AvgIpc) is 2.87. The summed E-state index contributed by atoms with van der Waals surface area (Å²) in [6.07, 6.45) is 11.3. The van der Waals surface area contributed by atoms with Gasteiger partial charge in [0.25, 0.3) is 0 Å². The Labute approximate surface area is 231 Å². The molecule has 0 fully saturated rings. The van der Waals surface area contributed by atoms with E-state index in [1.54, 1.807) is 24.3 Å². The smallest absolute Gasteiger partial charge is 0.228 e. The van der Waals surface area contributed by atoms with Crippen molar-refractivity contribution in [1.29, 1.82) is 0 Å². The van der Waals surface area contributed by atoms with Gasteiger partial charge in [0, 0.05) is 34.9 Å². The highest BCUT2D eigenvalue weighted by Gasteiger charge is 2.49. The van der Waals surface area contributed by atoms with E-state index in [0.29, 0.717) is 41.2 Å². The summed E-state index contributed by atoms with van der Waals surface area (Å²) < 4.78 is 6.13. The number of hydrogen-bond acceptors (Lipinski definition) is 5. The molecule has 0 saturated heterocycles. The van der Waals surface area contributed by atoms with E-state index in [-0.39, 0.29) is 28.1 Å². The van der Waals surface area contributed by atoms with Crippen molar-refractivity contribution in [3.63, 3.8) is 0 Å². The lowest BCUT2D eigenvalue weighted by Crippen LogP contribution is -2.37. The molecule has 4 rings (SSSR count). The minimum Gasteiger partial charge on any atom is -0.504 e. The van der Waals surface area contributed by atoms with Crippen LogP contribution in [0.25, 0.3) is 0 Å². The van der Waals surface area contributed by atoms with Crippen molar-refractivity contribution in [2.45, 2.75) is 104 Å². The summed E-state index contributed by atoms with van der Waals surface area (Å²) in [5.74, 6) is -2.05. The lowest BCUT2D eigenvalue weighted by atomic mass is 9.68. The maximum absolute atomic E-state index is 13.6. The molecule has 0 aromatic heterocycles. The summed E-state index contributed by atoms with van der Waals surface area (Å²) in [7, 11) is 0. The third kappa shape index (κ3) is 5.98. The molecule has 0 saturated carbocycles. The first-order valence-corrected chi connectivity index (χ1v) is 14.5. The first-order valence-electron chi connectivity index (χ1n) is 14.1. The van der Waals surface area contributed by atoms with Crippen LogP contribution in [0.5, 0.6) is 0 Å². The Morgan fingerprint density at radius 2 is 1.47 bits per heavy atom. The van der Waals surface area contributed by atoms with Crippen molar-refractivity contribution in [2.24, 2.45) is 5.41 Å². The van der Waals surface area contributed by atoms with Crippen LogP contribution in [0, 0.1) is 5.41 Å². The summed E-state index contributed by atoms with van der Waals surface area (Å²) in [5, 5.41) is 11.4. The molecule has 1 unspecified atom stereocenters. The SMILES string of the molecule is CCCCCCCCCCCC1=C(O)C(=O)C2=C(OC3=C(C(=O)CC(C)(C)C3)C2c2ccc(Cl)cc2)C1=O. The van der Waals surface area contributed by atoms with Crippen LogP contribution in [0.4, 0.5) is 0 Å². The number of allylic oxidation sites excluding steroid dienone is 4. The first-order chi connectivity index (χ1) is 18.1. The standard InChI is InChI=1S/C32H39ClO5/c1-4-5-6-7-8-9-10-11-12-13-22-28(35)30(37)27-25(20-14-16-21(33)17-15-20)26-23(34)18-32(2,3)19-24(26)38-31(27)29(22)36/h14-17,25,35H,4-13,18-19H2,1-3H3. The molecular formula is C32H39ClO5. The number of aliphatic hydroxyl groups excluding tert-OH is 1. The number of unbranched alkanes of at least 4 members (excludes halogenated alkanes) is 8. The summed E-state index contributed by atoms with van der Waals surface area (Å²) >= 11 is 6.11. The van der Waals surface area contributed by atoms with Crippen LogP contribution < -0.4 is 0 Å². The van der Waals surface area contributed by atoms with Crippen molar-refractivity contribution >= 4 is 29.0 Å². The van der Waals surface area contributed by atoms with Gasteiger partial charge < -0.3 is 9.84 Å². The number of hydrogen-bond donors (Lipinski definition) is 1. The second kappa shape index (κ2) is 12.0. The number of benzene rings is 1. The summed E-state index contributed by atoms with van der Waals surface area (Å²) in [6, 6.07) is 6.92. The molecule has 2 aliphatic carbocycles. The molecular weight excluding hydrogens is 500 g/mol. The maximum Gasteiger partial charge on any atom is 0.228 e. The maximum atomic E-state index is 13.6. The van der Waals surface area contributed by atoms with Crippen molar-refractivity contribution in [1.82, 2.24) is 0 Å². The summed E-state index contributed by atoms with van der Waals surface area (Å²) in [6.45, 7) is 6.20. The molecule has 1 heterocycles. The van der Waals surface area contributed by atoms with Crippen molar-refractivity contribution in [3.8, 4) is 0 Å². The zero-order valence-electron chi connectivity index (χ0n) is 22.8. The Morgan fingerprint density at radius 1 is 0.868 bits per heavy atom. The minimum absolute atomic E-state index is 0.0390. The fourth-order valence-electron chi connectivity index (χ4n) is 5.89. The number of aliphatic hydroxyl groups is 1. The number of ketones is 3. The molecule has 204 valence electrons. The normalized spacial score (nSPS) is 21.1. The van der Waals surface area contributed by atoms with Gasteiger partial charge in [-0.2, -0.15) is 0 Å². The number of carbonyl (C=O) groups is 3. The van der Waals surface area contributed by atoms with E-state index >= 15 is 0 Å². The third-order valence-corrected chi connectivity index (χ3v) is 8.14. The summed E-state index contributed by atoms with van der Waals surface area (Å²) in [4.78, 5) is 40.6. The Hall–Kier alpha value is -2.66. The lowest BCUT2D eigenvalue weighted by Gasteiger charge is -2.39. The van der Waals surface area contributed by atoms with Crippen LogP contribution in [-0.4, -0.2) is 22.5 Å². The van der Waals surface area contributed by atoms with E-state index in [1.807, 2.05) is 13.8 Å². The van der Waals surface area contributed by atoms with E-state index < -0.39 is 23.2 Å². The zero-order valence-corrected chi connectivity index (χ0v) is 23.6. The van der Waals surface area contributed by atoms with Gasteiger partial charge in [0.15, 0.2) is 17.3 Å². The topological polar surface area (TPSA) is 80.7 Å². The Bertz CT molecular complexity index is 1200. The van der Waals surface area contributed by atoms with Crippen molar-refractivity contribution in [2.75, 3.05) is 0 Å². The molecule has 1 N–H and O–H groups in total. The molecule has 1 aromatic rings. The van der Waals surface area contributed by atoms with Crippen molar-refractivity contribution < 1.29 is 24.2 Å².